The fourth-order valence-corrected chi connectivity index (χ4v) is 2.06. The van der Waals surface area contributed by atoms with Crippen LogP contribution in [0.15, 0.2) is 12.1 Å². The number of benzene rings is 1. The first kappa shape index (κ1) is 13.1. The molecule has 0 N–H and O–H groups in total. The Kier molecular flexibility index (Phi) is 5.39. The van der Waals surface area contributed by atoms with E-state index in [2.05, 4.69) is 32.9 Å². The normalized spacial score (nSPS) is 10.4. The molecule has 1 aromatic carbocycles. The first-order chi connectivity index (χ1) is 7.70. The lowest BCUT2D eigenvalue weighted by Crippen LogP contribution is -2.13. The lowest BCUT2D eigenvalue weighted by Gasteiger charge is -2.16. The highest BCUT2D eigenvalue weighted by Crippen LogP contribution is 2.29. The predicted molar refractivity (Wildman–Crippen MR) is 72.3 cm³/mol. The SMILES string of the molecule is CCCOc1c(C)ccc([SiH3])c1OCCC. The first-order valence-corrected chi connectivity index (χ1v) is 7.06. The van der Waals surface area contributed by atoms with Crippen molar-refractivity contribution in [1.29, 1.82) is 0 Å². The number of rotatable bonds is 6. The van der Waals surface area contributed by atoms with E-state index in [1.165, 1.54) is 10.8 Å². The molecule has 1 rings (SSSR count). The molecule has 0 radical (unpaired) electrons. The molecular formula is C13H22O2Si. The molecule has 0 aliphatic rings. The van der Waals surface area contributed by atoms with Crippen molar-refractivity contribution < 1.29 is 9.47 Å². The third kappa shape index (κ3) is 3.27. The summed E-state index contributed by atoms with van der Waals surface area (Å²) in [6, 6.07) is 4.26. The van der Waals surface area contributed by atoms with Crippen molar-refractivity contribution in [2.45, 2.75) is 33.6 Å². The van der Waals surface area contributed by atoms with Gasteiger partial charge in [-0.15, -0.1) is 0 Å². The second kappa shape index (κ2) is 6.58. The molecule has 0 aliphatic carbocycles. The molecule has 0 atom stereocenters. The van der Waals surface area contributed by atoms with Crippen LogP contribution in [0.2, 0.25) is 0 Å². The molecule has 90 valence electrons. The molecule has 0 bridgehead atoms. The summed E-state index contributed by atoms with van der Waals surface area (Å²) in [5.74, 6) is 1.92. The highest BCUT2D eigenvalue weighted by molar-refractivity contribution is 6.34. The Labute approximate surface area is 101 Å². The molecule has 0 aromatic heterocycles. The maximum atomic E-state index is 5.80. The first-order valence-electron chi connectivity index (χ1n) is 6.06. The molecule has 3 heteroatoms. The van der Waals surface area contributed by atoms with Gasteiger partial charge in [0.15, 0.2) is 11.5 Å². The van der Waals surface area contributed by atoms with Crippen molar-refractivity contribution in [3.05, 3.63) is 17.7 Å². The fraction of sp³-hybridized carbons (Fsp3) is 0.538. The number of ether oxygens (including phenoxy) is 2. The van der Waals surface area contributed by atoms with Crippen molar-refractivity contribution in [3.63, 3.8) is 0 Å². The molecule has 1 aromatic rings. The quantitative estimate of drug-likeness (QED) is 0.700. The molecule has 0 heterocycles. The fourth-order valence-electron chi connectivity index (χ4n) is 1.53. The van der Waals surface area contributed by atoms with Crippen LogP contribution < -0.4 is 14.7 Å². The van der Waals surface area contributed by atoms with Crippen LogP contribution in [0.1, 0.15) is 32.3 Å². The van der Waals surface area contributed by atoms with Gasteiger partial charge in [0.05, 0.1) is 13.2 Å². The van der Waals surface area contributed by atoms with E-state index in [0.717, 1.165) is 47.8 Å². The number of hydrogen-bond acceptors (Lipinski definition) is 2. The van der Waals surface area contributed by atoms with Gasteiger partial charge in [-0.3, -0.25) is 0 Å². The summed E-state index contributed by atoms with van der Waals surface area (Å²) in [5.41, 5.74) is 1.17. The lowest BCUT2D eigenvalue weighted by molar-refractivity contribution is 0.269. The van der Waals surface area contributed by atoms with Crippen molar-refractivity contribution in [1.82, 2.24) is 0 Å². The molecule has 16 heavy (non-hydrogen) atoms. The summed E-state index contributed by atoms with van der Waals surface area (Å²) < 4.78 is 11.6. The van der Waals surface area contributed by atoms with Gasteiger partial charge in [-0.2, -0.15) is 0 Å². The zero-order valence-corrected chi connectivity index (χ0v) is 12.8. The third-order valence-electron chi connectivity index (χ3n) is 2.41. The zero-order valence-electron chi connectivity index (χ0n) is 10.8. The summed E-state index contributed by atoms with van der Waals surface area (Å²) in [7, 11) is 0.992. The Balaban J connectivity index is 2.94. The Bertz CT molecular complexity index is 304. The average Bonchev–Trinajstić information content (AvgIpc) is 2.29. The monoisotopic (exact) mass is 238 g/mol. The van der Waals surface area contributed by atoms with Gasteiger partial charge in [0.2, 0.25) is 0 Å². The molecule has 0 unspecified atom stereocenters. The second-order valence-electron chi connectivity index (χ2n) is 4.05. The maximum absolute atomic E-state index is 5.80. The van der Waals surface area contributed by atoms with E-state index in [1.54, 1.807) is 0 Å². The molecule has 0 saturated carbocycles. The van der Waals surface area contributed by atoms with Gasteiger partial charge in [0.1, 0.15) is 0 Å². The van der Waals surface area contributed by atoms with Gasteiger partial charge in [-0.1, -0.05) is 26.0 Å². The van der Waals surface area contributed by atoms with Gasteiger partial charge in [0, 0.05) is 10.2 Å². The van der Waals surface area contributed by atoms with Crippen molar-refractivity contribution in [2.75, 3.05) is 13.2 Å². The van der Waals surface area contributed by atoms with Crippen LogP contribution in [0.4, 0.5) is 0 Å². The molecule has 0 saturated heterocycles. The van der Waals surface area contributed by atoms with Crippen LogP contribution in [-0.4, -0.2) is 23.5 Å². The van der Waals surface area contributed by atoms with E-state index in [0.29, 0.717) is 0 Å². The van der Waals surface area contributed by atoms with Crippen molar-refractivity contribution >= 4 is 15.4 Å². The Hall–Kier alpha value is -0.963. The van der Waals surface area contributed by atoms with E-state index < -0.39 is 0 Å². The van der Waals surface area contributed by atoms with Crippen molar-refractivity contribution in [3.8, 4) is 11.5 Å². The van der Waals surface area contributed by atoms with Crippen molar-refractivity contribution in [2.24, 2.45) is 0 Å². The Morgan fingerprint density at radius 3 is 2.12 bits per heavy atom. The molecule has 0 amide bonds. The predicted octanol–water partition coefficient (Wildman–Crippen LogP) is 1.56. The van der Waals surface area contributed by atoms with Gasteiger partial charge in [0.25, 0.3) is 0 Å². The summed E-state index contributed by atoms with van der Waals surface area (Å²) in [6.07, 6.45) is 2.06. The largest absolute Gasteiger partial charge is 0.490 e. The molecular weight excluding hydrogens is 216 g/mol. The molecule has 0 spiro atoms. The number of hydrogen-bond donors (Lipinski definition) is 0. The summed E-state index contributed by atoms with van der Waals surface area (Å²) in [6.45, 7) is 7.84. The van der Waals surface area contributed by atoms with Gasteiger partial charge >= 0.3 is 0 Å². The van der Waals surface area contributed by atoms with Crippen LogP contribution in [-0.2, 0) is 0 Å². The second-order valence-corrected chi connectivity index (χ2v) is 5.13. The smallest absolute Gasteiger partial charge is 0.163 e. The zero-order chi connectivity index (χ0) is 12.0. The lowest BCUT2D eigenvalue weighted by atomic mass is 10.2. The van der Waals surface area contributed by atoms with E-state index >= 15 is 0 Å². The summed E-state index contributed by atoms with van der Waals surface area (Å²) >= 11 is 0. The summed E-state index contributed by atoms with van der Waals surface area (Å²) in [5, 5.41) is 1.28. The molecule has 2 nitrogen and oxygen atoms in total. The standard InChI is InChI=1S/C13H22O2Si/c1-4-8-14-12-10(3)6-7-11(16)13(12)15-9-5-2/h6-7H,4-5,8-9H2,1-3,16H3. The minimum Gasteiger partial charge on any atom is -0.490 e. The van der Waals surface area contributed by atoms with Crippen LogP contribution in [0.5, 0.6) is 11.5 Å². The molecule has 0 aliphatic heterocycles. The van der Waals surface area contributed by atoms with E-state index in [1.807, 2.05) is 0 Å². The van der Waals surface area contributed by atoms with Gasteiger partial charge in [-0.05, 0) is 30.5 Å². The number of aryl methyl sites for hydroxylation is 1. The highest BCUT2D eigenvalue weighted by Gasteiger charge is 2.11. The van der Waals surface area contributed by atoms with Gasteiger partial charge < -0.3 is 9.47 Å². The minimum absolute atomic E-state index is 0.758. The van der Waals surface area contributed by atoms with Crippen LogP contribution in [0.25, 0.3) is 0 Å². The van der Waals surface area contributed by atoms with Crippen LogP contribution in [0, 0.1) is 6.92 Å². The summed E-state index contributed by atoms with van der Waals surface area (Å²) in [4.78, 5) is 0. The highest BCUT2D eigenvalue weighted by atomic mass is 28.1. The minimum atomic E-state index is 0.758. The third-order valence-corrected chi connectivity index (χ3v) is 3.19. The van der Waals surface area contributed by atoms with Gasteiger partial charge in [-0.25, -0.2) is 0 Å². The Morgan fingerprint density at radius 1 is 1.00 bits per heavy atom. The van der Waals surface area contributed by atoms with E-state index in [-0.39, 0.29) is 0 Å². The Morgan fingerprint density at radius 2 is 1.56 bits per heavy atom. The van der Waals surface area contributed by atoms with E-state index in [9.17, 15) is 0 Å². The molecule has 0 fully saturated rings. The van der Waals surface area contributed by atoms with Crippen LogP contribution in [0.3, 0.4) is 0 Å². The topological polar surface area (TPSA) is 18.5 Å². The maximum Gasteiger partial charge on any atom is 0.163 e. The van der Waals surface area contributed by atoms with Crippen LogP contribution >= 0.6 is 0 Å². The van der Waals surface area contributed by atoms with E-state index in [4.69, 9.17) is 9.47 Å². The average molecular weight is 238 g/mol.